The number of hydrogen-bond acceptors (Lipinski definition) is 6. The summed E-state index contributed by atoms with van der Waals surface area (Å²) in [5.74, 6) is -1.02. The van der Waals surface area contributed by atoms with E-state index in [0.717, 1.165) is 10.7 Å². The van der Waals surface area contributed by atoms with Gasteiger partial charge in [0.15, 0.2) is 0 Å². The highest BCUT2D eigenvalue weighted by Crippen LogP contribution is 2.38. The maximum atomic E-state index is 13.8. The number of benzene rings is 1. The Kier molecular flexibility index (Phi) is 6.24. The molecule has 0 saturated heterocycles. The normalized spacial score (nSPS) is 12.3. The summed E-state index contributed by atoms with van der Waals surface area (Å²) in [6, 6.07) is 2.78. The first-order valence-corrected chi connectivity index (χ1v) is 11.5. The van der Waals surface area contributed by atoms with Crippen molar-refractivity contribution in [3.05, 3.63) is 50.8 Å². The Morgan fingerprint density at radius 1 is 1.24 bits per heavy atom. The van der Waals surface area contributed by atoms with E-state index in [-0.39, 0.29) is 21.2 Å². The first kappa shape index (κ1) is 24.2. The van der Waals surface area contributed by atoms with Crippen molar-refractivity contribution in [2.45, 2.75) is 32.4 Å². The first-order chi connectivity index (χ1) is 15.3. The molecule has 0 spiro atoms. The van der Waals surface area contributed by atoms with Crippen molar-refractivity contribution < 1.29 is 26.4 Å². The van der Waals surface area contributed by atoms with E-state index in [1.807, 2.05) is 0 Å². The average molecular weight is 487 g/mol. The molecular weight excluding hydrogens is 467 g/mol. The second kappa shape index (κ2) is 8.50. The zero-order chi connectivity index (χ0) is 24.7. The van der Waals surface area contributed by atoms with E-state index < -0.39 is 55.4 Å². The lowest BCUT2D eigenvalue weighted by Gasteiger charge is -2.21. The number of sulfonamides is 1. The van der Waals surface area contributed by atoms with E-state index in [0.29, 0.717) is 25.2 Å². The minimum absolute atomic E-state index is 0.0281. The Morgan fingerprint density at radius 3 is 2.42 bits per heavy atom. The van der Waals surface area contributed by atoms with Gasteiger partial charge in [-0.1, -0.05) is 13.3 Å². The van der Waals surface area contributed by atoms with Gasteiger partial charge in [-0.05, 0) is 24.6 Å². The van der Waals surface area contributed by atoms with Crippen molar-refractivity contribution in [3.8, 4) is 11.3 Å². The Balaban J connectivity index is 2.39. The number of aromatic nitrogens is 4. The lowest BCUT2D eigenvalue weighted by molar-refractivity contribution is -0.137. The topological polar surface area (TPSA) is 127 Å². The van der Waals surface area contributed by atoms with Gasteiger partial charge in [-0.2, -0.15) is 18.3 Å². The van der Waals surface area contributed by atoms with E-state index >= 15 is 0 Å². The van der Waals surface area contributed by atoms with E-state index in [1.54, 1.807) is 6.92 Å². The molecule has 178 valence electrons. The summed E-state index contributed by atoms with van der Waals surface area (Å²) in [5, 5.41) is 3.42. The summed E-state index contributed by atoms with van der Waals surface area (Å²) in [4.78, 5) is 40.4. The predicted octanol–water partition coefficient (Wildman–Crippen LogP) is 1.72. The minimum Gasteiger partial charge on any atom is -0.305 e. The molecule has 0 aliphatic heterocycles. The number of nitrogens with one attached hydrogen (secondary N) is 1. The molecule has 0 aliphatic rings. The number of carbonyl (C=O) groups excluding carboxylic acids is 1. The molecule has 0 saturated carbocycles. The Morgan fingerprint density at radius 2 is 1.91 bits per heavy atom. The molecule has 10 nitrogen and oxygen atoms in total. The fourth-order valence-electron chi connectivity index (χ4n) is 3.37. The third-order valence-electron chi connectivity index (χ3n) is 4.87. The van der Waals surface area contributed by atoms with Gasteiger partial charge in [0.1, 0.15) is 0 Å². The van der Waals surface area contributed by atoms with Gasteiger partial charge in [-0.25, -0.2) is 13.2 Å². The van der Waals surface area contributed by atoms with Crippen LogP contribution in [0.1, 0.15) is 31.7 Å². The summed E-state index contributed by atoms with van der Waals surface area (Å²) in [6.07, 6.45) is -2.36. The maximum Gasteiger partial charge on any atom is 0.417 e. The molecule has 3 aromatic rings. The molecule has 2 aromatic heterocycles. The van der Waals surface area contributed by atoms with Crippen LogP contribution < -0.4 is 15.7 Å². The molecule has 0 atom stereocenters. The summed E-state index contributed by atoms with van der Waals surface area (Å²) < 4.78 is 67.1. The number of rotatable bonds is 6. The number of amides is 1. The van der Waals surface area contributed by atoms with Gasteiger partial charge < -0.3 is 4.98 Å². The minimum atomic E-state index is -4.84. The third kappa shape index (κ3) is 4.55. The van der Waals surface area contributed by atoms with E-state index in [9.17, 15) is 36.0 Å². The van der Waals surface area contributed by atoms with Crippen LogP contribution in [0.4, 0.5) is 13.2 Å². The zero-order valence-corrected chi connectivity index (χ0v) is 18.6. The summed E-state index contributed by atoms with van der Waals surface area (Å²) >= 11 is 0. The van der Waals surface area contributed by atoms with Crippen LogP contribution in [-0.4, -0.2) is 40.0 Å². The molecule has 33 heavy (non-hydrogen) atoms. The van der Waals surface area contributed by atoms with Crippen LogP contribution in [-0.2, 0) is 28.0 Å². The molecule has 0 fully saturated rings. The second-order valence-corrected chi connectivity index (χ2v) is 9.14. The number of halogens is 3. The summed E-state index contributed by atoms with van der Waals surface area (Å²) in [7, 11) is -3.01. The molecule has 1 amide bonds. The number of carbonyl (C=O) groups is 1. The number of hydrogen-bond donors (Lipinski definition) is 1. The lowest BCUT2D eigenvalue weighted by atomic mass is 10.0. The monoisotopic (exact) mass is 487 g/mol. The van der Waals surface area contributed by atoms with Gasteiger partial charge in [-0.3, -0.25) is 14.3 Å². The quantitative estimate of drug-likeness (QED) is 0.564. The second-order valence-electron chi connectivity index (χ2n) is 7.33. The highest BCUT2D eigenvalue weighted by atomic mass is 32.2. The highest BCUT2D eigenvalue weighted by Gasteiger charge is 2.36. The van der Waals surface area contributed by atoms with Crippen LogP contribution >= 0.6 is 0 Å². The number of unbranched alkanes of at least 4 members (excludes halogenated alkanes) is 1. The lowest BCUT2D eigenvalue weighted by Crippen LogP contribution is -2.55. The van der Waals surface area contributed by atoms with Crippen LogP contribution in [0.25, 0.3) is 22.2 Å². The van der Waals surface area contributed by atoms with Gasteiger partial charge in [0.05, 0.1) is 28.4 Å². The molecule has 14 heteroatoms. The smallest absolute Gasteiger partial charge is 0.305 e. The number of H-pyrrole nitrogens is 1. The number of aryl methyl sites for hydroxylation is 1. The SMILES string of the molecule is CCCCC(=O)N(n1c(=O)[nH]c2cc(C(F)(F)F)c(-c3ccnn3C)cc2c1=O)S(C)(=O)=O. The van der Waals surface area contributed by atoms with Crippen molar-refractivity contribution in [2.75, 3.05) is 10.7 Å². The average Bonchev–Trinajstić information content (AvgIpc) is 3.12. The molecule has 0 radical (unpaired) electrons. The Hall–Kier alpha value is -3.42. The van der Waals surface area contributed by atoms with Crippen molar-refractivity contribution in [1.29, 1.82) is 0 Å². The van der Waals surface area contributed by atoms with Crippen LogP contribution in [0.2, 0.25) is 0 Å². The van der Waals surface area contributed by atoms with Crippen molar-refractivity contribution in [2.24, 2.45) is 7.05 Å². The van der Waals surface area contributed by atoms with E-state index in [4.69, 9.17) is 0 Å². The molecule has 1 aromatic carbocycles. The van der Waals surface area contributed by atoms with Gasteiger partial charge in [0.25, 0.3) is 21.5 Å². The van der Waals surface area contributed by atoms with E-state index in [1.165, 1.54) is 19.3 Å². The third-order valence-corrected chi connectivity index (χ3v) is 5.87. The standard InChI is InChI=1S/C19H20F3N5O5S/c1-4-5-6-16(28)27(33(3,31)32)26-17(29)12-9-11(15-7-8-23-25(15)2)13(19(20,21)22)10-14(12)24-18(26)30/h7-10H,4-6H2,1-3H3,(H,24,30). The molecule has 0 unspecified atom stereocenters. The molecular formula is C19H20F3N5O5S. The number of nitrogens with zero attached hydrogens (tertiary/aromatic N) is 4. The molecule has 1 N–H and O–H groups in total. The molecule has 0 bridgehead atoms. The Labute approximate surface area is 185 Å². The number of alkyl halides is 3. The van der Waals surface area contributed by atoms with Gasteiger partial charge in [-0.15, -0.1) is 9.09 Å². The Bertz CT molecular complexity index is 1450. The van der Waals surface area contributed by atoms with Gasteiger partial charge in [0.2, 0.25) is 0 Å². The highest BCUT2D eigenvalue weighted by molar-refractivity contribution is 7.92. The van der Waals surface area contributed by atoms with Gasteiger partial charge in [0, 0.05) is 25.2 Å². The molecule has 0 aliphatic carbocycles. The van der Waals surface area contributed by atoms with Crippen molar-refractivity contribution in [1.82, 2.24) is 19.4 Å². The van der Waals surface area contributed by atoms with Crippen LogP contribution in [0.15, 0.2) is 34.0 Å². The maximum absolute atomic E-state index is 13.8. The zero-order valence-electron chi connectivity index (χ0n) is 17.8. The van der Waals surface area contributed by atoms with Crippen LogP contribution in [0.5, 0.6) is 0 Å². The molecule has 2 heterocycles. The molecule has 3 rings (SSSR count). The van der Waals surface area contributed by atoms with Crippen molar-refractivity contribution in [3.63, 3.8) is 0 Å². The first-order valence-electron chi connectivity index (χ1n) is 9.69. The predicted molar refractivity (Wildman–Crippen MR) is 114 cm³/mol. The number of aromatic amines is 1. The van der Waals surface area contributed by atoms with Crippen molar-refractivity contribution >= 4 is 26.8 Å². The summed E-state index contributed by atoms with van der Waals surface area (Å²) in [5.41, 5.74) is -4.61. The fraction of sp³-hybridized carbons (Fsp3) is 0.368. The van der Waals surface area contributed by atoms with Crippen LogP contribution in [0.3, 0.4) is 0 Å². The van der Waals surface area contributed by atoms with E-state index in [2.05, 4.69) is 10.1 Å². The van der Waals surface area contributed by atoms with Gasteiger partial charge >= 0.3 is 11.9 Å². The number of fused-ring (bicyclic) bond motifs is 1. The van der Waals surface area contributed by atoms with Crippen LogP contribution in [0, 0.1) is 0 Å². The largest absolute Gasteiger partial charge is 0.417 e. The fourth-order valence-corrected chi connectivity index (χ4v) is 4.28. The summed E-state index contributed by atoms with van der Waals surface area (Å²) in [6.45, 7) is 1.76.